The monoisotopic (exact) mass is 363 g/mol. The number of amides is 1. The Hall–Kier alpha value is -3.84. The summed E-state index contributed by atoms with van der Waals surface area (Å²) in [4.78, 5) is 24.3. The van der Waals surface area contributed by atoms with Crippen molar-refractivity contribution >= 4 is 17.6 Å². The predicted octanol–water partition coefficient (Wildman–Crippen LogP) is 2.77. The summed E-state index contributed by atoms with van der Waals surface area (Å²) in [6, 6.07) is 16.6. The van der Waals surface area contributed by atoms with Crippen LogP contribution in [0, 0.1) is 22.7 Å². The van der Waals surface area contributed by atoms with Gasteiger partial charge in [-0.25, -0.2) is 4.79 Å². The average molecular weight is 363 g/mol. The number of nitrogens with zero attached hydrogens (tertiary/aromatic N) is 2. The molecule has 27 heavy (non-hydrogen) atoms. The van der Waals surface area contributed by atoms with Gasteiger partial charge in [-0.15, -0.1) is 0 Å². The fourth-order valence-electron chi connectivity index (χ4n) is 2.09. The highest BCUT2D eigenvalue weighted by Crippen LogP contribution is 2.15. The van der Waals surface area contributed by atoms with Gasteiger partial charge in [-0.3, -0.25) is 4.79 Å². The second kappa shape index (κ2) is 9.02. The first kappa shape index (κ1) is 19.5. The van der Waals surface area contributed by atoms with E-state index in [1.807, 2.05) is 12.1 Å². The van der Waals surface area contributed by atoms with E-state index >= 15 is 0 Å². The molecule has 0 bridgehead atoms. The summed E-state index contributed by atoms with van der Waals surface area (Å²) in [6.07, 6.45) is -1.98. The minimum Gasteiger partial charge on any atom is -0.479 e. The van der Waals surface area contributed by atoms with Crippen LogP contribution in [0.25, 0.3) is 0 Å². The summed E-state index contributed by atoms with van der Waals surface area (Å²) in [5.41, 5.74) is 1.31. The molecule has 7 nitrogen and oxygen atoms in total. The summed E-state index contributed by atoms with van der Waals surface area (Å²) in [5, 5.41) is 20.2. The van der Waals surface area contributed by atoms with Crippen molar-refractivity contribution in [3.05, 3.63) is 59.7 Å². The predicted molar refractivity (Wildman–Crippen MR) is 96.6 cm³/mol. The lowest BCUT2D eigenvalue weighted by Crippen LogP contribution is -2.35. The molecule has 2 rings (SSSR count). The van der Waals surface area contributed by atoms with Gasteiger partial charge >= 0.3 is 5.97 Å². The zero-order chi connectivity index (χ0) is 19.8. The number of carbonyl (C=O) groups excluding carboxylic acids is 2. The van der Waals surface area contributed by atoms with Gasteiger partial charge in [0.2, 0.25) is 0 Å². The Bertz CT molecular complexity index is 910. The van der Waals surface area contributed by atoms with Crippen molar-refractivity contribution in [3.8, 4) is 17.9 Å². The Balaban J connectivity index is 1.90. The van der Waals surface area contributed by atoms with Crippen LogP contribution in [0.15, 0.2) is 48.5 Å². The molecule has 2 aromatic rings. The second-order valence-corrected chi connectivity index (χ2v) is 5.66. The van der Waals surface area contributed by atoms with Crippen LogP contribution < -0.4 is 10.1 Å². The van der Waals surface area contributed by atoms with Crippen LogP contribution >= 0.6 is 0 Å². The summed E-state index contributed by atoms with van der Waals surface area (Å²) in [6.45, 7) is 2.94. The number of ether oxygens (including phenoxy) is 2. The van der Waals surface area contributed by atoms with Gasteiger partial charge in [0.05, 0.1) is 23.3 Å². The summed E-state index contributed by atoms with van der Waals surface area (Å²) in [7, 11) is 0. The van der Waals surface area contributed by atoms with Crippen LogP contribution in [0.5, 0.6) is 5.75 Å². The molecule has 0 spiro atoms. The molecule has 7 heteroatoms. The molecule has 1 N–H and O–H groups in total. The third kappa shape index (κ3) is 5.58. The summed E-state index contributed by atoms with van der Waals surface area (Å²) >= 11 is 0. The lowest BCUT2D eigenvalue weighted by molar-refractivity contribution is -0.159. The van der Waals surface area contributed by atoms with Crippen LogP contribution in [0.2, 0.25) is 0 Å². The molecule has 1 amide bonds. The van der Waals surface area contributed by atoms with Crippen molar-refractivity contribution in [2.24, 2.45) is 0 Å². The van der Waals surface area contributed by atoms with E-state index in [1.54, 1.807) is 42.5 Å². The fraction of sp³-hybridized carbons (Fsp3) is 0.200. The summed E-state index contributed by atoms with van der Waals surface area (Å²) in [5.74, 6) is -0.819. The van der Waals surface area contributed by atoms with Gasteiger partial charge in [-0.1, -0.05) is 6.07 Å². The minimum absolute atomic E-state index is 0.405. The van der Waals surface area contributed by atoms with Gasteiger partial charge in [-0.05, 0) is 56.3 Å². The highest BCUT2D eigenvalue weighted by Gasteiger charge is 2.23. The van der Waals surface area contributed by atoms with Gasteiger partial charge in [0, 0.05) is 5.69 Å². The number of rotatable bonds is 6. The zero-order valence-electron chi connectivity index (χ0n) is 14.8. The first-order valence-electron chi connectivity index (χ1n) is 8.11. The SMILES string of the molecule is C[C@H](OC(=O)[C@@H](C)Oc1ccc(C#N)cc1)C(=O)Nc1cccc(C#N)c1. The highest BCUT2D eigenvalue weighted by atomic mass is 16.6. The number of nitriles is 2. The first-order valence-corrected chi connectivity index (χ1v) is 8.11. The van der Waals surface area contributed by atoms with Crippen LogP contribution in [0.1, 0.15) is 25.0 Å². The molecule has 0 heterocycles. The van der Waals surface area contributed by atoms with Crippen molar-refractivity contribution in [3.63, 3.8) is 0 Å². The smallest absolute Gasteiger partial charge is 0.347 e. The van der Waals surface area contributed by atoms with Gasteiger partial charge in [0.25, 0.3) is 5.91 Å². The maximum Gasteiger partial charge on any atom is 0.347 e. The molecule has 0 aliphatic heterocycles. The first-order chi connectivity index (χ1) is 12.9. The average Bonchev–Trinajstić information content (AvgIpc) is 2.68. The van der Waals surface area contributed by atoms with Crippen LogP contribution in [-0.2, 0) is 14.3 Å². The van der Waals surface area contributed by atoms with Crippen molar-refractivity contribution in [1.82, 2.24) is 0 Å². The van der Waals surface area contributed by atoms with E-state index in [2.05, 4.69) is 5.32 Å². The molecular weight excluding hydrogens is 346 g/mol. The van der Waals surface area contributed by atoms with Crippen molar-refractivity contribution in [1.29, 1.82) is 10.5 Å². The normalized spacial score (nSPS) is 12.0. The molecule has 0 saturated heterocycles. The molecular formula is C20H17N3O4. The molecule has 2 atom stereocenters. The number of nitrogens with one attached hydrogen (secondary N) is 1. The van der Waals surface area contributed by atoms with Crippen molar-refractivity contribution in [2.45, 2.75) is 26.1 Å². The topological polar surface area (TPSA) is 112 Å². The number of benzene rings is 2. The van der Waals surface area contributed by atoms with Crippen LogP contribution in [0.3, 0.4) is 0 Å². The maximum atomic E-state index is 12.2. The van der Waals surface area contributed by atoms with E-state index < -0.39 is 24.1 Å². The van der Waals surface area contributed by atoms with Crippen LogP contribution in [-0.4, -0.2) is 24.1 Å². The van der Waals surface area contributed by atoms with E-state index in [1.165, 1.54) is 19.9 Å². The Morgan fingerprint density at radius 2 is 1.63 bits per heavy atom. The van der Waals surface area contributed by atoms with E-state index in [0.29, 0.717) is 22.6 Å². The largest absolute Gasteiger partial charge is 0.479 e. The van der Waals surface area contributed by atoms with Crippen LogP contribution in [0.4, 0.5) is 5.69 Å². The zero-order valence-corrected chi connectivity index (χ0v) is 14.8. The fourth-order valence-corrected chi connectivity index (χ4v) is 2.09. The maximum absolute atomic E-state index is 12.2. The number of esters is 1. The molecule has 0 aromatic heterocycles. The molecule has 136 valence electrons. The van der Waals surface area contributed by atoms with Crippen molar-refractivity contribution in [2.75, 3.05) is 5.32 Å². The van der Waals surface area contributed by atoms with Gasteiger partial charge in [-0.2, -0.15) is 10.5 Å². The van der Waals surface area contributed by atoms with Gasteiger partial charge in [0.15, 0.2) is 12.2 Å². The highest BCUT2D eigenvalue weighted by molar-refractivity contribution is 5.95. The van der Waals surface area contributed by atoms with E-state index in [0.717, 1.165) is 0 Å². The Morgan fingerprint density at radius 1 is 0.963 bits per heavy atom. The Labute approximate surface area is 156 Å². The number of hydrogen-bond acceptors (Lipinski definition) is 6. The Kier molecular flexibility index (Phi) is 6.51. The third-order valence-corrected chi connectivity index (χ3v) is 3.55. The molecule has 0 radical (unpaired) electrons. The minimum atomic E-state index is -1.05. The van der Waals surface area contributed by atoms with E-state index in [-0.39, 0.29) is 0 Å². The second-order valence-electron chi connectivity index (χ2n) is 5.66. The molecule has 2 aromatic carbocycles. The molecule has 0 aliphatic carbocycles. The Morgan fingerprint density at radius 3 is 2.26 bits per heavy atom. The number of hydrogen-bond donors (Lipinski definition) is 1. The molecule has 0 saturated carbocycles. The van der Waals surface area contributed by atoms with Gasteiger partial charge < -0.3 is 14.8 Å². The quantitative estimate of drug-likeness (QED) is 0.790. The molecule has 0 aliphatic rings. The lowest BCUT2D eigenvalue weighted by Gasteiger charge is -2.18. The molecule has 0 unspecified atom stereocenters. The van der Waals surface area contributed by atoms with Gasteiger partial charge in [0.1, 0.15) is 5.75 Å². The number of carbonyl (C=O) groups is 2. The number of anilines is 1. The van der Waals surface area contributed by atoms with Crippen molar-refractivity contribution < 1.29 is 19.1 Å². The standard InChI is InChI=1S/C20H17N3O4/c1-13(19(24)23-17-5-3-4-16(10-17)12-22)27-20(25)14(2)26-18-8-6-15(11-21)7-9-18/h3-10,13-14H,1-2H3,(H,23,24)/t13-,14+/m0/s1. The lowest BCUT2D eigenvalue weighted by atomic mass is 10.2. The third-order valence-electron chi connectivity index (χ3n) is 3.55. The molecule has 0 fully saturated rings. The van der Waals surface area contributed by atoms with E-state index in [9.17, 15) is 9.59 Å². The van der Waals surface area contributed by atoms with E-state index in [4.69, 9.17) is 20.0 Å². The summed E-state index contributed by atoms with van der Waals surface area (Å²) < 4.78 is 10.6.